The maximum absolute atomic E-state index is 12.1. The maximum atomic E-state index is 12.1. The lowest BCUT2D eigenvalue weighted by molar-refractivity contribution is -0.115. The van der Waals surface area contributed by atoms with E-state index in [1.807, 2.05) is 25.3 Å². The van der Waals surface area contributed by atoms with E-state index in [0.717, 1.165) is 10.0 Å². The molecule has 20 heavy (non-hydrogen) atoms. The van der Waals surface area contributed by atoms with E-state index in [1.165, 1.54) is 23.1 Å². The summed E-state index contributed by atoms with van der Waals surface area (Å²) >= 11 is 2.97. The van der Waals surface area contributed by atoms with E-state index >= 15 is 0 Å². The molecule has 0 aliphatic carbocycles. The number of anilines is 1. The predicted octanol–water partition coefficient (Wildman–Crippen LogP) is 3.44. The molecule has 0 aliphatic heterocycles. The molecule has 1 aromatic heterocycles. The van der Waals surface area contributed by atoms with Gasteiger partial charge >= 0.3 is 0 Å². The number of hydrogen-bond donors (Lipinski definition) is 1. The van der Waals surface area contributed by atoms with E-state index in [0.29, 0.717) is 11.3 Å². The van der Waals surface area contributed by atoms with Crippen LogP contribution >= 0.6 is 23.1 Å². The van der Waals surface area contributed by atoms with Gasteiger partial charge in [0.2, 0.25) is 5.91 Å². The van der Waals surface area contributed by atoms with Crippen molar-refractivity contribution in [3.63, 3.8) is 0 Å². The summed E-state index contributed by atoms with van der Waals surface area (Å²) in [6.07, 6.45) is 0. The van der Waals surface area contributed by atoms with Crippen molar-refractivity contribution in [2.75, 3.05) is 5.32 Å². The third-order valence-corrected chi connectivity index (χ3v) is 4.69. The molecule has 0 unspecified atom stereocenters. The molecule has 0 aliphatic rings. The van der Waals surface area contributed by atoms with Gasteiger partial charge in [0.05, 0.1) is 16.9 Å². The molecule has 1 heterocycles. The zero-order chi connectivity index (χ0) is 14.5. The number of thiazole rings is 1. The number of amides is 1. The molecule has 2 aromatic rings. The van der Waals surface area contributed by atoms with Gasteiger partial charge < -0.3 is 5.32 Å². The van der Waals surface area contributed by atoms with Crippen LogP contribution in [0.1, 0.15) is 18.2 Å². The smallest absolute Gasteiger partial charge is 0.237 e. The van der Waals surface area contributed by atoms with Crippen LogP contribution in [0.25, 0.3) is 0 Å². The summed E-state index contributed by atoms with van der Waals surface area (Å²) in [5.74, 6) is -0.0991. The Morgan fingerprint density at radius 3 is 3.00 bits per heavy atom. The van der Waals surface area contributed by atoms with Crippen molar-refractivity contribution in [3.05, 3.63) is 40.9 Å². The number of aryl methyl sites for hydroxylation is 1. The van der Waals surface area contributed by atoms with Gasteiger partial charge in [-0.2, -0.15) is 5.26 Å². The Kier molecular flexibility index (Phi) is 4.77. The first-order valence-corrected chi connectivity index (χ1v) is 7.74. The standard InChI is InChI=1S/C14H13N3OS2/c1-9-8-19-14(16-9)20-10(2)13(18)17-12-5-3-4-11(6-12)7-15/h3-6,8,10H,1-2H3,(H,17,18)/t10-/m0/s1. The molecule has 2 rings (SSSR count). The van der Waals surface area contributed by atoms with Crippen molar-refractivity contribution in [1.29, 1.82) is 5.26 Å². The van der Waals surface area contributed by atoms with Crippen LogP contribution in [0.5, 0.6) is 0 Å². The molecule has 4 nitrogen and oxygen atoms in total. The highest BCUT2D eigenvalue weighted by atomic mass is 32.2. The summed E-state index contributed by atoms with van der Waals surface area (Å²) in [7, 11) is 0. The molecule has 0 fully saturated rings. The van der Waals surface area contributed by atoms with E-state index in [2.05, 4.69) is 10.3 Å². The van der Waals surface area contributed by atoms with Crippen LogP contribution in [0.4, 0.5) is 5.69 Å². The molecule has 1 N–H and O–H groups in total. The molecule has 0 saturated carbocycles. The Morgan fingerprint density at radius 1 is 1.55 bits per heavy atom. The highest BCUT2D eigenvalue weighted by Crippen LogP contribution is 2.27. The minimum absolute atomic E-state index is 0.0991. The summed E-state index contributed by atoms with van der Waals surface area (Å²) in [6.45, 7) is 3.77. The average molecular weight is 303 g/mol. The molecule has 1 amide bonds. The van der Waals surface area contributed by atoms with E-state index in [1.54, 1.807) is 24.3 Å². The Labute approximate surface area is 125 Å². The lowest BCUT2D eigenvalue weighted by Gasteiger charge is -2.10. The van der Waals surface area contributed by atoms with Crippen LogP contribution in [0.2, 0.25) is 0 Å². The van der Waals surface area contributed by atoms with Crippen LogP contribution in [-0.2, 0) is 4.79 Å². The molecular weight excluding hydrogens is 290 g/mol. The third kappa shape index (κ3) is 3.83. The number of carbonyl (C=O) groups is 1. The lowest BCUT2D eigenvalue weighted by atomic mass is 10.2. The van der Waals surface area contributed by atoms with Crippen molar-refractivity contribution in [1.82, 2.24) is 4.98 Å². The molecule has 6 heteroatoms. The van der Waals surface area contributed by atoms with Gasteiger partial charge in [0, 0.05) is 16.8 Å². The van der Waals surface area contributed by atoms with Crippen molar-refractivity contribution in [3.8, 4) is 6.07 Å². The highest BCUT2D eigenvalue weighted by molar-refractivity contribution is 8.02. The van der Waals surface area contributed by atoms with Gasteiger partial charge in [-0.3, -0.25) is 4.79 Å². The monoisotopic (exact) mass is 303 g/mol. The molecule has 102 valence electrons. The highest BCUT2D eigenvalue weighted by Gasteiger charge is 2.16. The topological polar surface area (TPSA) is 65.8 Å². The van der Waals surface area contributed by atoms with Gasteiger partial charge in [-0.25, -0.2) is 4.98 Å². The van der Waals surface area contributed by atoms with Gasteiger partial charge in [-0.1, -0.05) is 17.8 Å². The molecule has 0 saturated heterocycles. The fraction of sp³-hybridized carbons (Fsp3) is 0.214. The molecule has 0 radical (unpaired) electrons. The predicted molar refractivity (Wildman–Crippen MR) is 82.0 cm³/mol. The van der Waals surface area contributed by atoms with Crippen molar-refractivity contribution >= 4 is 34.7 Å². The van der Waals surface area contributed by atoms with Gasteiger partial charge in [0.1, 0.15) is 0 Å². The average Bonchev–Trinajstić information content (AvgIpc) is 2.84. The van der Waals surface area contributed by atoms with Crippen LogP contribution < -0.4 is 5.32 Å². The van der Waals surface area contributed by atoms with Crippen LogP contribution in [-0.4, -0.2) is 16.1 Å². The quantitative estimate of drug-likeness (QED) is 0.879. The second-order valence-corrected chi connectivity index (χ2v) is 6.64. The van der Waals surface area contributed by atoms with Crippen molar-refractivity contribution in [2.45, 2.75) is 23.4 Å². The van der Waals surface area contributed by atoms with Gasteiger partial charge in [0.25, 0.3) is 0 Å². The first-order chi connectivity index (χ1) is 9.58. The Hall–Kier alpha value is -1.84. The molecule has 0 spiro atoms. The summed E-state index contributed by atoms with van der Waals surface area (Å²) < 4.78 is 0.885. The Morgan fingerprint density at radius 2 is 2.35 bits per heavy atom. The first kappa shape index (κ1) is 14.6. The van der Waals surface area contributed by atoms with E-state index in [4.69, 9.17) is 5.26 Å². The number of thioether (sulfide) groups is 1. The van der Waals surface area contributed by atoms with Crippen LogP contribution in [0, 0.1) is 18.3 Å². The summed E-state index contributed by atoms with van der Waals surface area (Å²) in [4.78, 5) is 16.4. The van der Waals surface area contributed by atoms with Crippen LogP contribution in [0.3, 0.4) is 0 Å². The lowest BCUT2D eigenvalue weighted by Crippen LogP contribution is -2.22. The summed E-state index contributed by atoms with van der Waals surface area (Å²) in [5, 5.41) is 13.4. The third-order valence-electron chi connectivity index (χ3n) is 2.50. The molecule has 0 bridgehead atoms. The number of carbonyl (C=O) groups excluding carboxylic acids is 1. The largest absolute Gasteiger partial charge is 0.325 e. The SMILES string of the molecule is Cc1csc(S[C@@H](C)C(=O)Nc2cccc(C#N)c2)n1. The summed E-state index contributed by atoms with van der Waals surface area (Å²) in [6, 6.07) is 8.92. The van der Waals surface area contributed by atoms with E-state index in [9.17, 15) is 4.79 Å². The van der Waals surface area contributed by atoms with Crippen molar-refractivity contribution < 1.29 is 4.79 Å². The van der Waals surface area contributed by atoms with Gasteiger partial charge in [-0.05, 0) is 32.0 Å². The van der Waals surface area contributed by atoms with Crippen molar-refractivity contribution in [2.24, 2.45) is 0 Å². The molecule has 1 atom stereocenters. The zero-order valence-electron chi connectivity index (χ0n) is 11.1. The fourth-order valence-corrected chi connectivity index (χ4v) is 3.49. The second-order valence-electron chi connectivity index (χ2n) is 4.20. The second kappa shape index (κ2) is 6.55. The molecule has 1 aromatic carbocycles. The minimum atomic E-state index is -0.244. The maximum Gasteiger partial charge on any atom is 0.237 e. The minimum Gasteiger partial charge on any atom is -0.325 e. The van der Waals surface area contributed by atoms with Gasteiger partial charge in [-0.15, -0.1) is 11.3 Å². The fourth-order valence-electron chi connectivity index (χ4n) is 1.50. The Bertz CT molecular complexity index is 660. The number of benzene rings is 1. The summed E-state index contributed by atoms with van der Waals surface area (Å²) in [5.41, 5.74) is 2.13. The molecular formula is C14H13N3OS2. The zero-order valence-corrected chi connectivity index (χ0v) is 12.7. The number of hydrogen-bond acceptors (Lipinski definition) is 5. The first-order valence-electron chi connectivity index (χ1n) is 5.98. The van der Waals surface area contributed by atoms with Crippen LogP contribution in [0.15, 0.2) is 34.0 Å². The number of nitrogens with zero attached hydrogens (tertiary/aromatic N) is 2. The number of rotatable bonds is 4. The van der Waals surface area contributed by atoms with E-state index in [-0.39, 0.29) is 11.2 Å². The van der Waals surface area contributed by atoms with E-state index < -0.39 is 0 Å². The number of aromatic nitrogens is 1. The van der Waals surface area contributed by atoms with Gasteiger partial charge in [0.15, 0.2) is 4.34 Å². The normalized spacial score (nSPS) is 11.7. The Balaban J connectivity index is 1.98. The number of nitriles is 1. The number of nitrogens with one attached hydrogen (secondary N) is 1.